The van der Waals surface area contributed by atoms with Gasteiger partial charge in [-0.05, 0) is 18.6 Å². The second kappa shape index (κ2) is 4.05. The zero-order valence-corrected chi connectivity index (χ0v) is 9.86. The number of hydrogen-bond donors (Lipinski definition) is 1. The summed E-state index contributed by atoms with van der Waals surface area (Å²) in [6.45, 7) is 1.50. The average molecular weight is 267 g/mol. The summed E-state index contributed by atoms with van der Waals surface area (Å²) in [6.07, 6.45) is 1.16. The first-order valence-electron chi connectivity index (χ1n) is 3.92. The molecule has 0 aliphatic heterocycles. The van der Waals surface area contributed by atoms with Gasteiger partial charge in [-0.3, -0.25) is 4.79 Å². The van der Waals surface area contributed by atoms with Gasteiger partial charge in [0.05, 0.1) is 11.6 Å². The van der Waals surface area contributed by atoms with Crippen LogP contribution in [0.15, 0.2) is 22.3 Å². The first-order valence-corrected chi connectivity index (χ1v) is 5.05. The van der Waals surface area contributed by atoms with Gasteiger partial charge in [0, 0.05) is 5.03 Å². The second-order valence-electron chi connectivity index (χ2n) is 3.06. The van der Waals surface area contributed by atoms with E-state index in [1.54, 1.807) is 6.07 Å². The van der Waals surface area contributed by atoms with Gasteiger partial charge in [0.2, 0.25) is 0 Å². The Labute approximate surface area is 102 Å². The average Bonchev–Trinajstić information content (AvgIpc) is 2.14. The maximum Gasteiger partial charge on any atom is 0.315 e. The van der Waals surface area contributed by atoms with Gasteiger partial charge >= 0.3 is 5.97 Å². The van der Waals surface area contributed by atoms with Crippen LogP contribution in [0.3, 0.4) is 0 Å². The summed E-state index contributed by atoms with van der Waals surface area (Å²) in [7, 11) is 0. The molecule has 0 aromatic heterocycles. The zero-order chi connectivity index (χ0) is 11.8. The molecular weight excluding hydrogens is 260 g/mol. The Morgan fingerprint density at radius 3 is 2.60 bits per heavy atom. The number of carboxylic acids is 1. The van der Waals surface area contributed by atoms with Crippen LogP contribution < -0.4 is 0 Å². The van der Waals surface area contributed by atoms with Crippen molar-refractivity contribution in [1.82, 2.24) is 0 Å². The van der Waals surface area contributed by atoms with Crippen molar-refractivity contribution in [2.45, 2.75) is 11.3 Å². The molecule has 0 amide bonds. The molecule has 1 aliphatic carbocycles. The number of carboxylic acid groups (broad SMARTS) is 1. The summed E-state index contributed by atoms with van der Waals surface area (Å²) in [5.41, 5.74) is 0.263. The van der Waals surface area contributed by atoms with Crippen molar-refractivity contribution in [3.8, 4) is 6.07 Å². The molecule has 0 saturated carbocycles. The number of nitriles is 1. The molecule has 1 N–H and O–H groups in total. The fourth-order valence-corrected chi connectivity index (χ4v) is 2.03. The highest BCUT2D eigenvalue weighted by molar-refractivity contribution is 6.54. The second-order valence-corrected chi connectivity index (χ2v) is 4.79. The number of alkyl halides is 2. The van der Waals surface area contributed by atoms with Gasteiger partial charge in [0.15, 0.2) is 4.33 Å². The molecule has 1 unspecified atom stereocenters. The topological polar surface area (TPSA) is 61.1 Å². The number of aliphatic carboxylic acids is 1. The Balaban J connectivity index is 3.33. The van der Waals surface area contributed by atoms with E-state index >= 15 is 0 Å². The van der Waals surface area contributed by atoms with Crippen LogP contribution in [0.4, 0.5) is 0 Å². The van der Waals surface area contributed by atoms with Crippen LogP contribution in [0.25, 0.3) is 0 Å². The van der Waals surface area contributed by atoms with E-state index in [4.69, 9.17) is 45.2 Å². The lowest BCUT2D eigenvalue weighted by molar-refractivity contribution is -0.138. The molecule has 1 aliphatic rings. The van der Waals surface area contributed by atoms with E-state index in [1.807, 2.05) is 0 Å². The molecule has 80 valence electrons. The minimum absolute atomic E-state index is 0.0138. The van der Waals surface area contributed by atoms with Crippen molar-refractivity contribution in [1.29, 1.82) is 5.26 Å². The summed E-state index contributed by atoms with van der Waals surface area (Å²) in [4.78, 5) is 10.8. The van der Waals surface area contributed by atoms with Gasteiger partial charge in [-0.25, -0.2) is 0 Å². The molecule has 1 atom stereocenters. The van der Waals surface area contributed by atoms with E-state index in [0.29, 0.717) is 0 Å². The van der Waals surface area contributed by atoms with Gasteiger partial charge in [-0.15, -0.1) is 0 Å². The molecule has 0 bridgehead atoms. The van der Waals surface area contributed by atoms with Crippen molar-refractivity contribution >= 4 is 40.8 Å². The minimum Gasteiger partial charge on any atom is -0.481 e. The van der Waals surface area contributed by atoms with Gasteiger partial charge in [-0.2, -0.15) is 5.26 Å². The number of nitrogens with zero attached hydrogens (tertiary/aromatic N) is 1. The van der Waals surface area contributed by atoms with Gasteiger partial charge in [-0.1, -0.05) is 34.8 Å². The summed E-state index contributed by atoms with van der Waals surface area (Å²) in [5, 5.41) is 17.7. The standard InChI is InChI=1S/C9H6Cl3NO2/c1-4-7(10)6(8(14)15)2-5(3-13)9(4,11)12/h2,6H,1H3,(H,14,15). The molecule has 0 fully saturated rings. The largest absolute Gasteiger partial charge is 0.481 e. The van der Waals surface area contributed by atoms with Crippen LogP contribution in [0.1, 0.15) is 6.92 Å². The van der Waals surface area contributed by atoms with Gasteiger partial charge in [0.25, 0.3) is 0 Å². The lowest BCUT2D eigenvalue weighted by Gasteiger charge is -2.27. The van der Waals surface area contributed by atoms with Crippen molar-refractivity contribution in [2.75, 3.05) is 0 Å². The lowest BCUT2D eigenvalue weighted by Crippen LogP contribution is -2.27. The molecule has 0 aromatic carbocycles. The highest BCUT2D eigenvalue weighted by Crippen LogP contribution is 2.45. The Hall–Kier alpha value is -0.690. The fourth-order valence-electron chi connectivity index (χ4n) is 1.22. The van der Waals surface area contributed by atoms with E-state index in [9.17, 15) is 4.79 Å². The monoisotopic (exact) mass is 265 g/mol. The van der Waals surface area contributed by atoms with Crippen LogP contribution in [0.5, 0.6) is 0 Å². The van der Waals surface area contributed by atoms with Crippen LogP contribution >= 0.6 is 34.8 Å². The number of hydrogen-bond acceptors (Lipinski definition) is 2. The summed E-state index contributed by atoms with van der Waals surface area (Å²) in [6, 6.07) is 1.77. The van der Waals surface area contributed by atoms with Crippen LogP contribution in [0.2, 0.25) is 0 Å². The molecule has 0 spiro atoms. The van der Waals surface area contributed by atoms with Gasteiger partial charge < -0.3 is 5.11 Å². The number of rotatable bonds is 1. The Kier molecular flexibility index (Phi) is 3.34. The van der Waals surface area contributed by atoms with Crippen molar-refractivity contribution in [2.24, 2.45) is 5.92 Å². The Morgan fingerprint density at radius 2 is 2.20 bits per heavy atom. The third-order valence-corrected chi connectivity index (χ3v) is 3.65. The third-order valence-electron chi connectivity index (χ3n) is 2.16. The summed E-state index contributed by atoms with van der Waals surface area (Å²) < 4.78 is -1.53. The van der Waals surface area contributed by atoms with Gasteiger partial charge in [0.1, 0.15) is 5.92 Å². The van der Waals surface area contributed by atoms with Crippen molar-refractivity contribution < 1.29 is 9.90 Å². The van der Waals surface area contributed by atoms with E-state index in [1.165, 1.54) is 6.92 Å². The molecule has 0 heterocycles. The molecule has 15 heavy (non-hydrogen) atoms. The smallest absolute Gasteiger partial charge is 0.315 e. The predicted octanol–water partition coefficient (Wildman–Crippen LogP) is 2.84. The summed E-state index contributed by atoms with van der Waals surface area (Å²) >= 11 is 17.6. The number of carbonyl (C=O) groups is 1. The van der Waals surface area contributed by atoms with Crippen LogP contribution in [-0.4, -0.2) is 15.4 Å². The lowest BCUT2D eigenvalue weighted by atomic mass is 9.91. The molecule has 0 radical (unpaired) electrons. The molecule has 1 rings (SSSR count). The molecule has 0 aromatic rings. The maximum atomic E-state index is 10.8. The zero-order valence-electron chi connectivity index (χ0n) is 7.59. The van der Waals surface area contributed by atoms with Crippen LogP contribution in [0, 0.1) is 17.2 Å². The molecule has 3 nitrogen and oxygen atoms in total. The van der Waals surface area contributed by atoms with Crippen LogP contribution in [-0.2, 0) is 4.79 Å². The SMILES string of the molecule is CC1=C(Cl)C(C(=O)O)C=C(C#N)C1(Cl)Cl. The first kappa shape index (κ1) is 12.4. The van der Waals surface area contributed by atoms with Crippen molar-refractivity contribution in [3.05, 3.63) is 22.3 Å². The number of halogens is 3. The van der Waals surface area contributed by atoms with E-state index in [-0.39, 0.29) is 16.2 Å². The quantitative estimate of drug-likeness (QED) is 0.742. The highest BCUT2D eigenvalue weighted by Gasteiger charge is 2.40. The number of allylic oxidation sites excluding steroid dienone is 2. The fraction of sp³-hybridized carbons (Fsp3) is 0.333. The van der Waals surface area contributed by atoms with E-state index < -0.39 is 16.2 Å². The normalized spacial score (nSPS) is 24.5. The molecule has 6 heteroatoms. The highest BCUT2D eigenvalue weighted by atomic mass is 35.5. The maximum absolute atomic E-state index is 10.8. The Bertz CT molecular complexity index is 418. The third kappa shape index (κ3) is 1.98. The molecular formula is C9H6Cl3NO2. The first-order chi connectivity index (χ1) is 6.82. The van der Waals surface area contributed by atoms with E-state index in [0.717, 1.165) is 6.08 Å². The summed E-state index contributed by atoms with van der Waals surface area (Å²) in [5.74, 6) is -2.19. The Morgan fingerprint density at radius 1 is 1.67 bits per heavy atom. The van der Waals surface area contributed by atoms with E-state index in [2.05, 4.69) is 0 Å². The minimum atomic E-state index is -1.53. The molecule has 0 saturated heterocycles. The predicted molar refractivity (Wildman–Crippen MR) is 57.8 cm³/mol. The van der Waals surface area contributed by atoms with Crippen molar-refractivity contribution in [3.63, 3.8) is 0 Å².